The van der Waals surface area contributed by atoms with Crippen LogP contribution in [0.3, 0.4) is 0 Å². The fraction of sp³-hybridized carbons (Fsp3) is 0.0909. The van der Waals surface area contributed by atoms with E-state index in [-0.39, 0.29) is 11.8 Å². The van der Waals surface area contributed by atoms with Crippen LogP contribution in [0.2, 0.25) is 0 Å². The maximum Gasteiger partial charge on any atom is 0.269 e. The summed E-state index contributed by atoms with van der Waals surface area (Å²) in [6, 6.07) is 25.2. The summed E-state index contributed by atoms with van der Waals surface area (Å²) in [6.07, 6.45) is 2.04. The van der Waals surface area contributed by atoms with E-state index in [1.807, 2.05) is 60.7 Å². The molecule has 3 aromatic carbocycles. The number of nitro groups is 1. The third-order valence-electron chi connectivity index (χ3n) is 4.81. The molecule has 4 aromatic rings. The van der Waals surface area contributed by atoms with Crippen LogP contribution in [0.25, 0.3) is 0 Å². The zero-order valence-electron chi connectivity index (χ0n) is 16.0. The summed E-state index contributed by atoms with van der Waals surface area (Å²) in [5.74, 6) is 0. The molecule has 1 aromatic heterocycles. The van der Waals surface area contributed by atoms with E-state index in [9.17, 15) is 14.7 Å². The number of hydrogen-bond acceptors (Lipinski definition) is 5. The highest BCUT2D eigenvalue weighted by atomic mass is 31.2. The number of benzene rings is 3. The van der Waals surface area contributed by atoms with Gasteiger partial charge in [-0.05, 0) is 5.56 Å². The first-order valence-corrected chi connectivity index (χ1v) is 11.3. The van der Waals surface area contributed by atoms with Crippen molar-refractivity contribution in [2.24, 2.45) is 0 Å². The Hall–Kier alpha value is -3.57. The lowest BCUT2D eigenvalue weighted by atomic mass is 10.2. The summed E-state index contributed by atoms with van der Waals surface area (Å²) >= 11 is 0. The van der Waals surface area contributed by atoms with Gasteiger partial charge >= 0.3 is 0 Å². The van der Waals surface area contributed by atoms with Gasteiger partial charge in [-0.1, -0.05) is 78.0 Å². The van der Waals surface area contributed by atoms with Crippen molar-refractivity contribution in [3.05, 3.63) is 112 Å². The van der Waals surface area contributed by atoms with Crippen LogP contribution in [0.1, 0.15) is 11.3 Å². The van der Waals surface area contributed by atoms with Crippen molar-refractivity contribution < 1.29 is 9.49 Å². The molecule has 0 aliphatic rings. The van der Waals surface area contributed by atoms with Crippen molar-refractivity contribution in [3.63, 3.8) is 0 Å². The summed E-state index contributed by atoms with van der Waals surface area (Å²) in [5, 5.41) is 20.7. The first-order valence-electron chi connectivity index (χ1n) is 9.37. The molecule has 30 heavy (non-hydrogen) atoms. The molecule has 0 fully saturated rings. The van der Waals surface area contributed by atoms with Crippen LogP contribution in [-0.4, -0.2) is 19.9 Å². The average Bonchev–Trinajstić information content (AvgIpc) is 3.21. The minimum atomic E-state index is -2.92. The maximum atomic E-state index is 14.1. The lowest BCUT2D eigenvalue weighted by Gasteiger charge is -2.18. The Balaban J connectivity index is 1.59. The topological polar surface area (TPSA) is 90.9 Å². The molecule has 0 saturated carbocycles. The van der Waals surface area contributed by atoms with E-state index in [0.717, 1.165) is 16.2 Å². The van der Waals surface area contributed by atoms with Gasteiger partial charge in [-0.15, -0.1) is 5.10 Å². The zero-order valence-corrected chi connectivity index (χ0v) is 16.9. The Morgan fingerprint density at radius 3 is 1.97 bits per heavy atom. The Morgan fingerprint density at radius 1 is 0.867 bits per heavy atom. The number of rotatable bonds is 7. The van der Waals surface area contributed by atoms with Gasteiger partial charge in [-0.25, -0.2) is 4.68 Å². The van der Waals surface area contributed by atoms with Crippen molar-refractivity contribution in [1.29, 1.82) is 0 Å². The fourth-order valence-corrected chi connectivity index (χ4v) is 5.87. The van der Waals surface area contributed by atoms with Crippen molar-refractivity contribution >= 4 is 23.4 Å². The van der Waals surface area contributed by atoms with Crippen LogP contribution < -0.4 is 10.6 Å². The Morgan fingerprint density at radius 2 is 1.43 bits per heavy atom. The van der Waals surface area contributed by atoms with E-state index >= 15 is 0 Å². The standard InChI is InChI=1S/C22H19N4O3P/c27-26(28)20-13-11-18(12-14-20)15-25-16-19(23-24-25)17-30(29,21-7-3-1-4-8-21)22-9-5-2-6-10-22/h1-14,16H,15,17H2. The predicted molar refractivity (Wildman–Crippen MR) is 116 cm³/mol. The van der Waals surface area contributed by atoms with Crippen molar-refractivity contribution in [3.8, 4) is 0 Å². The summed E-state index contributed by atoms with van der Waals surface area (Å²) in [7, 11) is -2.92. The molecule has 0 amide bonds. The zero-order chi connectivity index (χ0) is 21.0. The molecule has 0 bridgehead atoms. The van der Waals surface area contributed by atoms with Crippen LogP contribution in [0.5, 0.6) is 0 Å². The number of nitro benzene ring substituents is 1. The van der Waals surface area contributed by atoms with Crippen LogP contribution in [0, 0.1) is 10.1 Å². The van der Waals surface area contributed by atoms with Crippen LogP contribution in [0.15, 0.2) is 91.1 Å². The highest BCUT2D eigenvalue weighted by molar-refractivity contribution is 7.78. The summed E-state index contributed by atoms with van der Waals surface area (Å²) < 4.78 is 15.8. The summed E-state index contributed by atoms with van der Waals surface area (Å²) in [6.45, 7) is 0.423. The molecule has 0 atom stereocenters. The van der Waals surface area contributed by atoms with Gasteiger partial charge in [0.05, 0.1) is 23.3 Å². The van der Waals surface area contributed by atoms with E-state index in [1.165, 1.54) is 12.1 Å². The molecule has 0 N–H and O–H groups in total. The van der Waals surface area contributed by atoms with E-state index in [4.69, 9.17) is 0 Å². The molecular weight excluding hydrogens is 399 g/mol. The quantitative estimate of drug-likeness (QED) is 0.259. The minimum absolute atomic E-state index is 0.0460. The first kappa shape index (κ1) is 19.7. The third-order valence-corrected chi connectivity index (χ3v) is 7.84. The molecule has 0 spiro atoms. The lowest BCUT2D eigenvalue weighted by Crippen LogP contribution is -2.17. The van der Waals surface area contributed by atoms with Gasteiger partial charge in [0.1, 0.15) is 7.14 Å². The Labute approximate surface area is 173 Å². The molecule has 0 aliphatic heterocycles. The highest BCUT2D eigenvalue weighted by Crippen LogP contribution is 2.46. The average molecular weight is 418 g/mol. The van der Waals surface area contributed by atoms with Gasteiger partial charge in [0, 0.05) is 28.9 Å². The molecule has 0 saturated heterocycles. The fourth-order valence-electron chi connectivity index (χ4n) is 3.30. The Kier molecular flexibility index (Phi) is 5.55. The molecule has 0 aliphatic carbocycles. The second-order valence-electron chi connectivity index (χ2n) is 6.90. The van der Waals surface area contributed by atoms with E-state index in [2.05, 4.69) is 10.3 Å². The van der Waals surface area contributed by atoms with Gasteiger partial charge < -0.3 is 4.57 Å². The smallest absolute Gasteiger partial charge is 0.269 e. The predicted octanol–water partition coefficient (Wildman–Crippen LogP) is 3.75. The van der Waals surface area contributed by atoms with Crippen LogP contribution in [-0.2, 0) is 17.3 Å². The second kappa shape index (κ2) is 8.43. The van der Waals surface area contributed by atoms with Gasteiger partial charge in [-0.3, -0.25) is 10.1 Å². The van der Waals surface area contributed by atoms with Gasteiger partial charge in [-0.2, -0.15) is 0 Å². The van der Waals surface area contributed by atoms with E-state index in [0.29, 0.717) is 12.2 Å². The largest absolute Gasteiger partial charge is 0.313 e. The maximum absolute atomic E-state index is 14.1. The van der Waals surface area contributed by atoms with Gasteiger partial charge in [0.2, 0.25) is 0 Å². The monoisotopic (exact) mass is 418 g/mol. The summed E-state index contributed by atoms with van der Waals surface area (Å²) in [4.78, 5) is 10.4. The summed E-state index contributed by atoms with van der Waals surface area (Å²) in [5.41, 5.74) is 1.55. The molecule has 4 rings (SSSR count). The van der Waals surface area contributed by atoms with Crippen LogP contribution in [0.4, 0.5) is 5.69 Å². The molecule has 8 heteroatoms. The highest BCUT2D eigenvalue weighted by Gasteiger charge is 2.28. The number of hydrogen-bond donors (Lipinski definition) is 0. The molecular formula is C22H19N4O3P. The molecule has 0 radical (unpaired) electrons. The minimum Gasteiger partial charge on any atom is -0.313 e. The van der Waals surface area contributed by atoms with E-state index < -0.39 is 12.1 Å². The molecule has 0 unspecified atom stereocenters. The van der Waals surface area contributed by atoms with Crippen LogP contribution >= 0.6 is 7.14 Å². The second-order valence-corrected chi connectivity index (χ2v) is 9.73. The van der Waals surface area contributed by atoms with Crippen molar-refractivity contribution in [2.75, 3.05) is 0 Å². The van der Waals surface area contributed by atoms with Crippen molar-refractivity contribution in [1.82, 2.24) is 15.0 Å². The number of aromatic nitrogens is 3. The van der Waals surface area contributed by atoms with Gasteiger partial charge in [0.15, 0.2) is 0 Å². The normalized spacial score (nSPS) is 11.3. The first-order chi connectivity index (χ1) is 14.5. The van der Waals surface area contributed by atoms with E-state index in [1.54, 1.807) is 23.0 Å². The molecule has 7 nitrogen and oxygen atoms in total. The lowest BCUT2D eigenvalue weighted by molar-refractivity contribution is -0.384. The van der Waals surface area contributed by atoms with Gasteiger partial charge in [0.25, 0.3) is 5.69 Å². The number of nitrogens with zero attached hydrogens (tertiary/aromatic N) is 4. The third kappa shape index (κ3) is 4.21. The SMILES string of the molecule is O=[N+]([O-])c1ccc(Cn2cc(CP(=O)(c3ccccc3)c3ccccc3)nn2)cc1. The number of non-ortho nitro benzene ring substituents is 1. The van der Waals surface area contributed by atoms with Crippen molar-refractivity contribution in [2.45, 2.75) is 12.7 Å². The molecule has 1 heterocycles. The Bertz CT molecular complexity index is 1150. The molecule has 150 valence electrons.